The van der Waals surface area contributed by atoms with E-state index >= 15 is 0 Å². The SMILES string of the molecule is CCCN(CC1CC1)C(=O)CN1C(=O)NC(C)(c2ccc(C)cc2)C1=O. The Hall–Kier alpha value is -2.37. The van der Waals surface area contributed by atoms with E-state index in [2.05, 4.69) is 5.32 Å². The third kappa shape index (κ3) is 3.59. The summed E-state index contributed by atoms with van der Waals surface area (Å²) < 4.78 is 0. The summed E-state index contributed by atoms with van der Waals surface area (Å²) in [4.78, 5) is 40.9. The number of urea groups is 1. The lowest BCUT2D eigenvalue weighted by atomic mass is 9.91. The molecule has 6 nitrogen and oxygen atoms in total. The number of nitrogens with zero attached hydrogens (tertiary/aromatic N) is 2. The van der Waals surface area contributed by atoms with Crippen molar-refractivity contribution in [1.29, 1.82) is 0 Å². The standard InChI is InChI=1S/C20H27N3O3/c1-4-11-22(12-15-7-8-15)17(24)13-23-18(25)20(3,21-19(23)26)16-9-5-14(2)6-10-16/h5-6,9-10,15H,4,7-8,11-13H2,1-3H3,(H,21,26). The zero-order chi connectivity index (χ0) is 18.9. The van der Waals surface area contributed by atoms with E-state index in [9.17, 15) is 14.4 Å². The summed E-state index contributed by atoms with van der Waals surface area (Å²) in [5, 5.41) is 2.76. The van der Waals surface area contributed by atoms with Crippen LogP contribution >= 0.6 is 0 Å². The lowest BCUT2D eigenvalue weighted by molar-refractivity contribution is -0.139. The van der Waals surface area contributed by atoms with Crippen molar-refractivity contribution in [1.82, 2.24) is 15.1 Å². The van der Waals surface area contributed by atoms with Gasteiger partial charge in [0.1, 0.15) is 12.1 Å². The van der Waals surface area contributed by atoms with Gasteiger partial charge < -0.3 is 10.2 Å². The quantitative estimate of drug-likeness (QED) is 0.762. The second-order valence-electron chi connectivity index (χ2n) is 7.60. The van der Waals surface area contributed by atoms with E-state index in [1.165, 1.54) is 0 Å². The first-order valence-electron chi connectivity index (χ1n) is 9.34. The fraction of sp³-hybridized carbons (Fsp3) is 0.550. The minimum atomic E-state index is -1.13. The number of hydrogen-bond donors (Lipinski definition) is 1. The monoisotopic (exact) mass is 357 g/mol. The van der Waals surface area contributed by atoms with Gasteiger partial charge in [-0.25, -0.2) is 4.79 Å². The molecule has 1 aromatic carbocycles. The maximum absolute atomic E-state index is 12.9. The van der Waals surface area contributed by atoms with Crippen LogP contribution in [0.15, 0.2) is 24.3 Å². The molecule has 26 heavy (non-hydrogen) atoms. The zero-order valence-electron chi connectivity index (χ0n) is 15.7. The fourth-order valence-corrected chi connectivity index (χ4v) is 3.36. The highest BCUT2D eigenvalue weighted by molar-refractivity contribution is 6.09. The van der Waals surface area contributed by atoms with Crippen molar-refractivity contribution in [2.45, 2.75) is 45.6 Å². The molecule has 1 aromatic rings. The molecule has 0 spiro atoms. The van der Waals surface area contributed by atoms with Crippen molar-refractivity contribution in [2.75, 3.05) is 19.6 Å². The van der Waals surface area contributed by atoms with Gasteiger partial charge in [0.05, 0.1) is 0 Å². The zero-order valence-corrected chi connectivity index (χ0v) is 15.7. The van der Waals surface area contributed by atoms with Crippen LogP contribution in [-0.4, -0.2) is 47.3 Å². The molecule has 6 heteroatoms. The Bertz CT molecular complexity index is 712. The van der Waals surface area contributed by atoms with Crippen molar-refractivity contribution in [3.63, 3.8) is 0 Å². The number of amides is 4. The normalized spacial score (nSPS) is 22.5. The Labute approximate surface area is 154 Å². The molecule has 1 heterocycles. The molecule has 0 radical (unpaired) electrons. The Morgan fingerprint density at radius 3 is 2.50 bits per heavy atom. The molecular weight excluding hydrogens is 330 g/mol. The number of nitrogens with one attached hydrogen (secondary N) is 1. The van der Waals surface area contributed by atoms with E-state index in [4.69, 9.17) is 0 Å². The summed E-state index contributed by atoms with van der Waals surface area (Å²) >= 11 is 0. The molecule has 0 aromatic heterocycles. The number of benzene rings is 1. The number of aryl methyl sites for hydroxylation is 1. The van der Waals surface area contributed by atoms with Crippen LogP contribution < -0.4 is 5.32 Å². The maximum atomic E-state index is 12.9. The lowest BCUT2D eigenvalue weighted by Gasteiger charge is -2.25. The van der Waals surface area contributed by atoms with Crippen LogP contribution in [0.1, 0.15) is 44.2 Å². The third-order valence-electron chi connectivity index (χ3n) is 5.22. The molecule has 1 aliphatic heterocycles. The van der Waals surface area contributed by atoms with Crippen LogP contribution in [0.3, 0.4) is 0 Å². The van der Waals surface area contributed by atoms with Crippen molar-refractivity contribution >= 4 is 17.8 Å². The highest BCUT2D eigenvalue weighted by atomic mass is 16.2. The fourth-order valence-electron chi connectivity index (χ4n) is 3.36. The molecule has 1 saturated heterocycles. The topological polar surface area (TPSA) is 69.7 Å². The predicted octanol–water partition coefficient (Wildman–Crippen LogP) is 2.41. The molecule has 1 N–H and O–H groups in total. The molecule has 2 fully saturated rings. The van der Waals surface area contributed by atoms with Crippen LogP contribution in [0, 0.1) is 12.8 Å². The van der Waals surface area contributed by atoms with E-state index in [0.717, 1.165) is 41.8 Å². The highest BCUT2D eigenvalue weighted by Crippen LogP contribution is 2.31. The first-order chi connectivity index (χ1) is 12.3. The summed E-state index contributed by atoms with van der Waals surface area (Å²) in [5.74, 6) is 0.0457. The summed E-state index contributed by atoms with van der Waals surface area (Å²) in [6.45, 7) is 6.87. The highest BCUT2D eigenvalue weighted by Gasteiger charge is 2.49. The third-order valence-corrected chi connectivity index (χ3v) is 5.22. The van der Waals surface area contributed by atoms with Gasteiger partial charge >= 0.3 is 6.03 Å². The van der Waals surface area contributed by atoms with Crippen LogP contribution in [0.5, 0.6) is 0 Å². The Kier molecular flexibility index (Phi) is 5.03. The largest absolute Gasteiger partial charge is 0.341 e. The van der Waals surface area contributed by atoms with E-state index < -0.39 is 11.6 Å². The van der Waals surface area contributed by atoms with Crippen molar-refractivity contribution in [3.05, 3.63) is 35.4 Å². The van der Waals surface area contributed by atoms with Gasteiger partial charge in [0.2, 0.25) is 5.91 Å². The molecule has 140 valence electrons. The Morgan fingerprint density at radius 2 is 1.92 bits per heavy atom. The number of carbonyl (C=O) groups is 3. The number of hydrogen-bond acceptors (Lipinski definition) is 3. The molecule has 1 atom stereocenters. The second kappa shape index (κ2) is 7.09. The number of carbonyl (C=O) groups excluding carboxylic acids is 3. The molecule has 1 unspecified atom stereocenters. The first-order valence-corrected chi connectivity index (χ1v) is 9.34. The maximum Gasteiger partial charge on any atom is 0.325 e. The van der Waals surface area contributed by atoms with Crippen LogP contribution in [0.2, 0.25) is 0 Å². The molecule has 0 bridgehead atoms. The molecule has 4 amide bonds. The lowest BCUT2D eigenvalue weighted by Crippen LogP contribution is -2.45. The van der Waals surface area contributed by atoms with Gasteiger partial charge in [0.15, 0.2) is 0 Å². The van der Waals surface area contributed by atoms with Gasteiger partial charge in [0, 0.05) is 13.1 Å². The molecule has 1 aliphatic carbocycles. The summed E-state index contributed by atoms with van der Waals surface area (Å²) in [6, 6.07) is 7.00. The molecular formula is C20H27N3O3. The predicted molar refractivity (Wildman–Crippen MR) is 98.4 cm³/mol. The van der Waals surface area contributed by atoms with E-state index in [1.807, 2.05) is 38.1 Å². The number of rotatable bonds is 7. The second-order valence-corrected chi connectivity index (χ2v) is 7.60. The van der Waals surface area contributed by atoms with Gasteiger partial charge in [-0.1, -0.05) is 36.8 Å². The average Bonchev–Trinajstić information content (AvgIpc) is 3.39. The van der Waals surface area contributed by atoms with Gasteiger partial charge in [0.25, 0.3) is 5.91 Å². The van der Waals surface area contributed by atoms with Crippen LogP contribution in [0.4, 0.5) is 4.79 Å². The summed E-state index contributed by atoms with van der Waals surface area (Å²) in [6.07, 6.45) is 3.17. The van der Waals surface area contributed by atoms with Crippen molar-refractivity contribution < 1.29 is 14.4 Å². The van der Waals surface area contributed by atoms with Gasteiger partial charge in [-0.05, 0) is 44.6 Å². The smallest absolute Gasteiger partial charge is 0.325 e. The summed E-state index contributed by atoms with van der Waals surface area (Å²) in [7, 11) is 0. The Morgan fingerprint density at radius 1 is 1.27 bits per heavy atom. The van der Waals surface area contributed by atoms with E-state index in [-0.39, 0.29) is 18.4 Å². The minimum Gasteiger partial charge on any atom is -0.341 e. The molecule has 3 rings (SSSR count). The van der Waals surface area contributed by atoms with Crippen molar-refractivity contribution in [2.24, 2.45) is 5.92 Å². The van der Waals surface area contributed by atoms with E-state index in [1.54, 1.807) is 11.8 Å². The van der Waals surface area contributed by atoms with E-state index in [0.29, 0.717) is 12.5 Å². The average molecular weight is 357 g/mol. The Balaban J connectivity index is 1.73. The van der Waals surface area contributed by atoms with Gasteiger partial charge in [-0.15, -0.1) is 0 Å². The van der Waals surface area contributed by atoms with Crippen LogP contribution in [-0.2, 0) is 15.1 Å². The van der Waals surface area contributed by atoms with Crippen LogP contribution in [0.25, 0.3) is 0 Å². The minimum absolute atomic E-state index is 0.157. The summed E-state index contributed by atoms with van der Waals surface area (Å²) in [5.41, 5.74) is 0.674. The molecule has 1 saturated carbocycles. The number of imide groups is 1. The van der Waals surface area contributed by atoms with Gasteiger partial charge in [-0.3, -0.25) is 14.5 Å². The first kappa shape index (κ1) is 18.4. The van der Waals surface area contributed by atoms with Crippen molar-refractivity contribution in [3.8, 4) is 0 Å². The van der Waals surface area contributed by atoms with Gasteiger partial charge in [-0.2, -0.15) is 0 Å². The molecule has 2 aliphatic rings.